The van der Waals surface area contributed by atoms with Crippen molar-refractivity contribution in [2.75, 3.05) is 0 Å². The van der Waals surface area contributed by atoms with E-state index >= 15 is 0 Å². The van der Waals surface area contributed by atoms with Crippen LogP contribution in [0.4, 0.5) is 0 Å². The van der Waals surface area contributed by atoms with E-state index in [-0.39, 0.29) is 60.4 Å². The Labute approximate surface area is 304 Å². The standard InChI is InChI=1S/C45H29N3S/c1-3-12-30(13-4-1)34-16-9-17-35(28-34)31-24-26-33(27-25-31)44-46-43(32-14-5-2-6-15-32)47-45(48-44)37-19-10-18-36(29-37)38-21-11-22-40-39-20-7-8-23-41(39)49-42(38)40/h1-29H/i7D,8D,10D,11D,18D,19D,20D,21D,22D,23D,29D. The van der Waals surface area contributed by atoms with Crippen LogP contribution in [-0.4, -0.2) is 15.0 Å². The van der Waals surface area contributed by atoms with Crippen molar-refractivity contribution in [3.63, 3.8) is 0 Å². The Balaban J connectivity index is 1.25. The molecule has 0 amide bonds. The van der Waals surface area contributed by atoms with Crippen LogP contribution in [0.15, 0.2) is 176 Å². The van der Waals surface area contributed by atoms with E-state index in [1.165, 1.54) is 0 Å². The fraction of sp³-hybridized carbons (Fsp3) is 0. The van der Waals surface area contributed by atoms with E-state index in [2.05, 4.69) is 24.3 Å². The van der Waals surface area contributed by atoms with Crippen LogP contribution in [-0.2, 0) is 0 Å². The second kappa shape index (κ2) is 12.4. The summed E-state index contributed by atoms with van der Waals surface area (Å²) in [5.74, 6) is 0.305. The highest BCUT2D eigenvalue weighted by atomic mass is 32.1. The van der Waals surface area contributed by atoms with E-state index in [1.807, 2.05) is 72.8 Å². The fourth-order valence-electron chi connectivity index (χ4n) is 5.74. The molecule has 0 fully saturated rings. The van der Waals surface area contributed by atoms with Crippen molar-refractivity contribution in [3.8, 4) is 67.5 Å². The molecule has 0 N–H and O–H groups in total. The average Bonchev–Trinajstić information content (AvgIpc) is 3.69. The minimum absolute atomic E-state index is 0.00762. The maximum atomic E-state index is 9.59. The molecule has 9 rings (SSSR count). The number of nitrogens with zero attached hydrogens (tertiary/aromatic N) is 3. The van der Waals surface area contributed by atoms with E-state index in [0.717, 1.165) is 33.6 Å². The second-order valence-electron chi connectivity index (χ2n) is 11.2. The predicted octanol–water partition coefficient (Wildman–Crippen LogP) is 12.2. The molecule has 230 valence electrons. The lowest BCUT2D eigenvalue weighted by Crippen LogP contribution is -2.00. The summed E-state index contributed by atoms with van der Waals surface area (Å²) < 4.78 is 97.3. The first-order chi connectivity index (χ1) is 28.8. The predicted molar refractivity (Wildman–Crippen MR) is 205 cm³/mol. The molecule has 0 aliphatic heterocycles. The molecule has 3 nitrogen and oxygen atoms in total. The quantitative estimate of drug-likeness (QED) is 0.179. The van der Waals surface area contributed by atoms with Crippen LogP contribution in [0.3, 0.4) is 0 Å². The number of benzene rings is 7. The van der Waals surface area contributed by atoms with Crippen molar-refractivity contribution in [1.82, 2.24) is 15.0 Å². The van der Waals surface area contributed by atoms with Gasteiger partial charge in [-0.25, -0.2) is 15.0 Å². The molecule has 9 aromatic rings. The Morgan fingerprint density at radius 2 is 0.939 bits per heavy atom. The lowest BCUT2D eigenvalue weighted by molar-refractivity contribution is 1.07. The third-order valence-corrected chi connectivity index (χ3v) is 9.27. The molecule has 4 heteroatoms. The fourth-order valence-corrected chi connectivity index (χ4v) is 6.81. The van der Waals surface area contributed by atoms with Crippen LogP contribution in [0.1, 0.15) is 15.1 Å². The number of rotatable bonds is 6. The van der Waals surface area contributed by atoms with Gasteiger partial charge >= 0.3 is 0 Å². The molecule has 0 spiro atoms. The Morgan fingerprint density at radius 1 is 0.408 bits per heavy atom. The zero-order valence-corrected chi connectivity index (χ0v) is 26.5. The van der Waals surface area contributed by atoms with Crippen LogP contribution >= 0.6 is 11.3 Å². The zero-order valence-electron chi connectivity index (χ0n) is 36.6. The van der Waals surface area contributed by atoms with E-state index in [9.17, 15) is 1.37 Å². The molecule has 2 heterocycles. The minimum atomic E-state index is -0.597. The topological polar surface area (TPSA) is 38.7 Å². The van der Waals surface area contributed by atoms with Crippen molar-refractivity contribution in [1.29, 1.82) is 0 Å². The molecule has 0 saturated heterocycles. The van der Waals surface area contributed by atoms with Gasteiger partial charge in [0.05, 0.1) is 15.1 Å². The van der Waals surface area contributed by atoms with Gasteiger partial charge in [0, 0.05) is 36.9 Å². The number of hydrogen-bond acceptors (Lipinski definition) is 4. The largest absolute Gasteiger partial charge is 0.208 e. The lowest BCUT2D eigenvalue weighted by atomic mass is 9.98. The Morgan fingerprint density at radius 3 is 1.67 bits per heavy atom. The van der Waals surface area contributed by atoms with Gasteiger partial charge in [0.1, 0.15) is 0 Å². The highest BCUT2D eigenvalue weighted by Crippen LogP contribution is 2.40. The Hall–Kier alpha value is -6.23. The normalized spacial score (nSPS) is 14.4. The third-order valence-electron chi connectivity index (χ3n) is 8.15. The van der Waals surface area contributed by atoms with Crippen molar-refractivity contribution in [3.05, 3.63) is 176 Å². The molecule has 0 bridgehead atoms. The molecule has 0 atom stereocenters. The average molecular weight is 655 g/mol. The van der Waals surface area contributed by atoms with E-state index in [4.69, 9.17) is 28.7 Å². The van der Waals surface area contributed by atoms with Gasteiger partial charge in [0.2, 0.25) is 0 Å². The summed E-state index contributed by atoms with van der Waals surface area (Å²) in [6.07, 6.45) is 0. The molecule has 0 saturated carbocycles. The van der Waals surface area contributed by atoms with E-state index in [1.54, 1.807) is 12.1 Å². The SMILES string of the molecule is [2H]c1c([2H])c(-c2nc(-c3ccccc3)nc(-c3ccc(-c4cccc(-c5ccccc5)c4)cc3)n2)c([2H])c(-c2c([2H])c([2H])c([2H])c3c2sc2c([2H])c([2H])c([2H])c([2H])c23)c1[2H]. The van der Waals surface area contributed by atoms with Gasteiger partial charge in [0.25, 0.3) is 0 Å². The van der Waals surface area contributed by atoms with Crippen LogP contribution < -0.4 is 0 Å². The monoisotopic (exact) mass is 654 g/mol. The van der Waals surface area contributed by atoms with Crippen LogP contribution in [0.5, 0.6) is 0 Å². The van der Waals surface area contributed by atoms with Crippen LogP contribution in [0.25, 0.3) is 87.7 Å². The van der Waals surface area contributed by atoms with Crippen molar-refractivity contribution in [2.24, 2.45) is 0 Å². The minimum Gasteiger partial charge on any atom is -0.208 e. The number of aromatic nitrogens is 3. The summed E-state index contributed by atoms with van der Waals surface area (Å²) in [5.41, 5.74) is 4.65. The third kappa shape index (κ3) is 5.58. The first-order valence-electron chi connectivity index (χ1n) is 21.0. The maximum absolute atomic E-state index is 9.59. The summed E-state index contributed by atoms with van der Waals surface area (Å²) in [7, 11) is 0. The van der Waals surface area contributed by atoms with E-state index < -0.39 is 60.4 Å². The molecular formula is C45H29N3S. The smallest absolute Gasteiger partial charge is 0.164 e. The summed E-state index contributed by atoms with van der Waals surface area (Å²) in [6, 6.07) is 29.5. The molecule has 0 aliphatic carbocycles. The highest BCUT2D eigenvalue weighted by molar-refractivity contribution is 7.26. The lowest BCUT2D eigenvalue weighted by Gasteiger charge is -2.11. The highest BCUT2D eigenvalue weighted by Gasteiger charge is 2.15. The number of thiophene rings is 1. The van der Waals surface area contributed by atoms with Crippen molar-refractivity contribution >= 4 is 31.5 Å². The number of hydrogen-bond donors (Lipinski definition) is 0. The molecule has 0 radical (unpaired) electrons. The first-order valence-corrected chi connectivity index (χ1v) is 16.3. The zero-order chi connectivity index (χ0) is 42.1. The van der Waals surface area contributed by atoms with Gasteiger partial charge in [0.15, 0.2) is 17.5 Å². The number of fused-ring (bicyclic) bond motifs is 3. The van der Waals surface area contributed by atoms with Crippen LogP contribution in [0, 0.1) is 0 Å². The van der Waals surface area contributed by atoms with Crippen molar-refractivity contribution in [2.45, 2.75) is 0 Å². The Bertz CT molecular complexity index is 3210. The van der Waals surface area contributed by atoms with E-state index in [0.29, 0.717) is 11.1 Å². The van der Waals surface area contributed by atoms with Crippen molar-refractivity contribution < 1.29 is 15.1 Å². The van der Waals surface area contributed by atoms with Crippen LogP contribution in [0.2, 0.25) is 0 Å². The van der Waals surface area contributed by atoms with Gasteiger partial charge in [-0.2, -0.15) is 0 Å². The van der Waals surface area contributed by atoms with Gasteiger partial charge in [-0.3, -0.25) is 0 Å². The maximum Gasteiger partial charge on any atom is 0.164 e. The van der Waals surface area contributed by atoms with Gasteiger partial charge in [-0.1, -0.05) is 158 Å². The van der Waals surface area contributed by atoms with Gasteiger partial charge in [-0.15, -0.1) is 11.3 Å². The molecule has 2 aromatic heterocycles. The summed E-state index contributed by atoms with van der Waals surface area (Å²) in [4.78, 5) is 14.3. The summed E-state index contributed by atoms with van der Waals surface area (Å²) >= 11 is 0.861. The summed E-state index contributed by atoms with van der Waals surface area (Å²) in [6.45, 7) is 0. The second-order valence-corrected chi connectivity index (χ2v) is 12.2. The van der Waals surface area contributed by atoms with Gasteiger partial charge in [-0.05, 0) is 51.5 Å². The first kappa shape index (κ1) is 19.6. The molecule has 0 aliphatic rings. The molecular weight excluding hydrogens is 615 g/mol. The Kier molecular flexibility index (Phi) is 4.96. The molecule has 0 unspecified atom stereocenters. The molecule has 7 aromatic carbocycles. The summed E-state index contributed by atoms with van der Waals surface area (Å²) in [5, 5.41) is -0.0318. The molecule has 49 heavy (non-hydrogen) atoms. The van der Waals surface area contributed by atoms with Gasteiger partial charge < -0.3 is 0 Å².